The summed E-state index contributed by atoms with van der Waals surface area (Å²) in [6.07, 6.45) is 3.12. The molecule has 0 unspecified atom stereocenters. The Bertz CT molecular complexity index is 287. The molecule has 0 radical (unpaired) electrons. The van der Waals surface area contributed by atoms with Gasteiger partial charge in [-0.1, -0.05) is 12.8 Å². The predicted octanol–water partition coefficient (Wildman–Crippen LogP) is -0.182. The number of hydrogen-bond donors (Lipinski definition) is 2. The van der Waals surface area contributed by atoms with E-state index in [2.05, 4.69) is 0 Å². The van der Waals surface area contributed by atoms with Crippen molar-refractivity contribution in [3.8, 4) is 0 Å². The maximum atomic E-state index is 12.2. The highest BCUT2D eigenvalue weighted by molar-refractivity contribution is 5.89. The van der Waals surface area contributed by atoms with E-state index in [-0.39, 0.29) is 19.0 Å². The van der Waals surface area contributed by atoms with Gasteiger partial charge in [0.05, 0.1) is 12.1 Å². The van der Waals surface area contributed by atoms with Crippen LogP contribution < -0.4 is 5.73 Å². The third kappa shape index (κ3) is 3.67. The van der Waals surface area contributed by atoms with Crippen LogP contribution in [0.3, 0.4) is 0 Å². The van der Waals surface area contributed by atoms with Crippen LogP contribution >= 0.6 is 0 Å². The zero-order valence-electron chi connectivity index (χ0n) is 10.1. The molecule has 6 nitrogen and oxygen atoms in total. The van der Waals surface area contributed by atoms with E-state index < -0.39 is 11.5 Å². The summed E-state index contributed by atoms with van der Waals surface area (Å²) in [5.74, 6) is -1.30. The number of nitrogens with two attached hydrogens (primary N) is 1. The number of rotatable bonds is 6. The second-order valence-electron chi connectivity index (χ2n) is 4.48. The van der Waals surface area contributed by atoms with Gasteiger partial charge in [-0.15, -0.1) is 0 Å². The molecule has 0 spiro atoms. The standard InChI is InChI=1S/C11H20N2O4/c1-17-7-6-13(8-9(14)15)10(16)11(12)4-2-3-5-11/h2-8,12H2,1H3,(H,14,15). The second-order valence-corrected chi connectivity index (χ2v) is 4.48. The molecule has 17 heavy (non-hydrogen) atoms. The van der Waals surface area contributed by atoms with Crippen LogP contribution in [0.5, 0.6) is 0 Å². The van der Waals surface area contributed by atoms with Gasteiger partial charge in [0.2, 0.25) is 5.91 Å². The maximum absolute atomic E-state index is 12.2. The monoisotopic (exact) mass is 244 g/mol. The Balaban J connectivity index is 2.67. The Morgan fingerprint density at radius 3 is 2.47 bits per heavy atom. The second kappa shape index (κ2) is 5.97. The first-order chi connectivity index (χ1) is 7.99. The summed E-state index contributed by atoms with van der Waals surface area (Å²) >= 11 is 0. The van der Waals surface area contributed by atoms with E-state index in [9.17, 15) is 9.59 Å². The number of carboxylic acid groups (broad SMARTS) is 1. The Hall–Kier alpha value is -1.14. The van der Waals surface area contributed by atoms with Crippen LogP contribution in [0.2, 0.25) is 0 Å². The van der Waals surface area contributed by atoms with E-state index in [1.165, 1.54) is 12.0 Å². The molecule has 1 saturated carbocycles. The summed E-state index contributed by atoms with van der Waals surface area (Å²) in [5.41, 5.74) is 5.15. The van der Waals surface area contributed by atoms with Gasteiger partial charge in [0.25, 0.3) is 0 Å². The van der Waals surface area contributed by atoms with Crippen molar-refractivity contribution in [3.63, 3.8) is 0 Å². The fourth-order valence-corrected chi connectivity index (χ4v) is 2.15. The molecular formula is C11H20N2O4. The molecule has 0 saturated heterocycles. The van der Waals surface area contributed by atoms with E-state index in [4.69, 9.17) is 15.6 Å². The van der Waals surface area contributed by atoms with Crippen molar-refractivity contribution in [2.24, 2.45) is 5.73 Å². The van der Waals surface area contributed by atoms with Gasteiger partial charge in [0, 0.05) is 13.7 Å². The van der Waals surface area contributed by atoms with Crippen molar-refractivity contribution >= 4 is 11.9 Å². The van der Waals surface area contributed by atoms with E-state index in [1.54, 1.807) is 0 Å². The van der Waals surface area contributed by atoms with Gasteiger partial charge < -0.3 is 20.5 Å². The quantitative estimate of drug-likeness (QED) is 0.676. The minimum Gasteiger partial charge on any atom is -0.480 e. The van der Waals surface area contributed by atoms with Crippen molar-refractivity contribution < 1.29 is 19.4 Å². The Labute approximate surface area is 101 Å². The van der Waals surface area contributed by atoms with Gasteiger partial charge in [-0.2, -0.15) is 0 Å². The van der Waals surface area contributed by atoms with Crippen LogP contribution in [-0.2, 0) is 14.3 Å². The minimum absolute atomic E-state index is 0.264. The topological polar surface area (TPSA) is 92.9 Å². The molecule has 1 fully saturated rings. The van der Waals surface area contributed by atoms with Crippen molar-refractivity contribution in [1.29, 1.82) is 0 Å². The van der Waals surface area contributed by atoms with Crippen LogP contribution in [0.15, 0.2) is 0 Å². The fourth-order valence-electron chi connectivity index (χ4n) is 2.15. The van der Waals surface area contributed by atoms with Crippen LogP contribution in [0.25, 0.3) is 0 Å². The molecule has 0 heterocycles. The van der Waals surface area contributed by atoms with Gasteiger partial charge in [0.1, 0.15) is 6.54 Å². The third-order valence-corrected chi connectivity index (χ3v) is 3.10. The first-order valence-corrected chi connectivity index (χ1v) is 5.78. The molecule has 0 bridgehead atoms. The molecule has 1 aliphatic carbocycles. The van der Waals surface area contributed by atoms with E-state index >= 15 is 0 Å². The number of aliphatic carboxylic acids is 1. The molecule has 3 N–H and O–H groups in total. The number of nitrogens with zero attached hydrogens (tertiary/aromatic N) is 1. The molecular weight excluding hydrogens is 224 g/mol. The molecule has 6 heteroatoms. The summed E-state index contributed by atoms with van der Waals surface area (Å²) in [6, 6.07) is 0. The maximum Gasteiger partial charge on any atom is 0.323 e. The molecule has 0 atom stereocenters. The Morgan fingerprint density at radius 1 is 1.41 bits per heavy atom. The summed E-state index contributed by atoms with van der Waals surface area (Å²) in [6.45, 7) is 0.261. The molecule has 0 aromatic rings. The van der Waals surface area contributed by atoms with Gasteiger partial charge in [-0.25, -0.2) is 0 Å². The molecule has 0 aromatic carbocycles. The van der Waals surface area contributed by atoms with Crippen molar-refractivity contribution in [2.45, 2.75) is 31.2 Å². The zero-order valence-corrected chi connectivity index (χ0v) is 10.1. The largest absolute Gasteiger partial charge is 0.480 e. The average Bonchev–Trinajstić information content (AvgIpc) is 2.71. The lowest BCUT2D eigenvalue weighted by Crippen LogP contribution is -2.55. The van der Waals surface area contributed by atoms with Gasteiger partial charge in [-0.05, 0) is 12.8 Å². The van der Waals surface area contributed by atoms with Crippen molar-refractivity contribution in [3.05, 3.63) is 0 Å². The van der Waals surface area contributed by atoms with Crippen molar-refractivity contribution in [1.82, 2.24) is 4.90 Å². The van der Waals surface area contributed by atoms with Gasteiger partial charge >= 0.3 is 5.97 Å². The molecule has 1 amide bonds. The van der Waals surface area contributed by atoms with Gasteiger partial charge in [-0.3, -0.25) is 9.59 Å². The zero-order chi connectivity index (χ0) is 12.9. The normalized spacial score (nSPS) is 18.0. The van der Waals surface area contributed by atoms with Crippen LogP contribution in [0.4, 0.5) is 0 Å². The first-order valence-electron chi connectivity index (χ1n) is 5.78. The number of ether oxygens (including phenoxy) is 1. The van der Waals surface area contributed by atoms with Crippen molar-refractivity contribution in [2.75, 3.05) is 26.8 Å². The lowest BCUT2D eigenvalue weighted by Gasteiger charge is -2.30. The number of carbonyl (C=O) groups is 2. The fraction of sp³-hybridized carbons (Fsp3) is 0.818. The Kier molecular flexibility index (Phi) is 4.89. The highest BCUT2D eigenvalue weighted by atomic mass is 16.5. The SMILES string of the molecule is COCCN(CC(=O)O)C(=O)C1(N)CCCC1. The van der Waals surface area contributed by atoms with E-state index in [1.807, 2.05) is 0 Å². The summed E-state index contributed by atoms with van der Waals surface area (Å²) in [4.78, 5) is 24.2. The predicted molar refractivity (Wildman–Crippen MR) is 61.5 cm³/mol. The lowest BCUT2D eigenvalue weighted by molar-refractivity contribution is -0.147. The van der Waals surface area contributed by atoms with Gasteiger partial charge in [0.15, 0.2) is 0 Å². The number of amides is 1. The number of hydrogen-bond acceptors (Lipinski definition) is 4. The smallest absolute Gasteiger partial charge is 0.323 e. The lowest BCUT2D eigenvalue weighted by atomic mass is 9.97. The molecule has 98 valence electrons. The summed E-state index contributed by atoms with van der Waals surface area (Å²) in [5, 5.41) is 8.78. The van der Waals surface area contributed by atoms with E-state index in [0.29, 0.717) is 19.4 Å². The van der Waals surface area contributed by atoms with Crippen LogP contribution in [-0.4, -0.2) is 54.2 Å². The summed E-state index contributed by atoms with van der Waals surface area (Å²) < 4.78 is 4.87. The Morgan fingerprint density at radius 2 is 2.00 bits per heavy atom. The molecule has 0 aliphatic heterocycles. The van der Waals surface area contributed by atoms with E-state index in [0.717, 1.165) is 12.8 Å². The van der Waals surface area contributed by atoms with Crippen LogP contribution in [0.1, 0.15) is 25.7 Å². The number of carboxylic acids is 1. The minimum atomic E-state index is -1.03. The molecule has 0 aromatic heterocycles. The molecule has 1 rings (SSSR count). The average molecular weight is 244 g/mol. The van der Waals surface area contributed by atoms with Crippen LogP contribution in [0, 0.1) is 0 Å². The highest BCUT2D eigenvalue weighted by Crippen LogP contribution is 2.28. The highest BCUT2D eigenvalue weighted by Gasteiger charge is 2.40. The summed E-state index contributed by atoms with van der Waals surface area (Å²) in [7, 11) is 1.51. The first kappa shape index (κ1) is 13.9. The number of methoxy groups -OCH3 is 1. The third-order valence-electron chi connectivity index (χ3n) is 3.10. The molecule has 1 aliphatic rings. The number of carbonyl (C=O) groups excluding carboxylic acids is 1.